The summed E-state index contributed by atoms with van der Waals surface area (Å²) in [6.07, 6.45) is 5.65. The Kier molecular flexibility index (Phi) is 5.32. The lowest BCUT2D eigenvalue weighted by atomic mass is 10.2. The van der Waals surface area contributed by atoms with Crippen LogP contribution in [-0.4, -0.2) is 42.4 Å². The van der Waals surface area contributed by atoms with Crippen LogP contribution in [-0.2, 0) is 0 Å². The summed E-state index contributed by atoms with van der Waals surface area (Å²) in [6, 6.07) is 0.610. The Morgan fingerprint density at radius 2 is 1.92 bits per heavy atom. The van der Waals surface area contributed by atoms with Crippen LogP contribution in [0.1, 0.15) is 32.1 Å². The Morgan fingerprint density at radius 3 is 2.46 bits per heavy atom. The molecule has 1 N–H and O–H groups in total. The zero-order chi connectivity index (χ0) is 9.52. The summed E-state index contributed by atoms with van der Waals surface area (Å²) in [5.41, 5.74) is 0. The first-order valence-electron chi connectivity index (χ1n) is 5.29. The van der Waals surface area contributed by atoms with Gasteiger partial charge in [0.2, 0.25) is 0 Å². The molecule has 0 amide bonds. The third kappa shape index (κ3) is 3.61. The second-order valence-electron chi connectivity index (χ2n) is 3.74. The lowest BCUT2D eigenvalue weighted by Crippen LogP contribution is -2.36. The minimum atomic E-state index is -0.241. The van der Waals surface area contributed by atoms with Crippen molar-refractivity contribution < 1.29 is 9.50 Å². The quantitative estimate of drug-likeness (QED) is 0.685. The first-order chi connectivity index (χ1) is 6.38. The van der Waals surface area contributed by atoms with Gasteiger partial charge in [0.05, 0.1) is 13.3 Å². The standard InChI is InChI=1S/C10H20FNO/c11-6-3-7-12(8-9-13)10-4-1-2-5-10/h10,13H,1-9H2. The SMILES string of the molecule is OCCN(CCCF)C1CCCC1. The van der Waals surface area contributed by atoms with E-state index in [9.17, 15) is 4.39 Å². The fourth-order valence-electron chi connectivity index (χ4n) is 2.14. The molecule has 0 unspecified atom stereocenters. The van der Waals surface area contributed by atoms with Crippen LogP contribution in [0.25, 0.3) is 0 Å². The first kappa shape index (κ1) is 10.9. The Balaban J connectivity index is 2.26. The predicted molar refractivity (Wildman–Crippen MR) is 51.5 cm³/mol. The highest BCUT2D eigenvalue weighted by atomic mass is 19.1. The van der Waals surface area contributed by atoms with Gasteiger partial charge in [-0.05, 0) is 19.3 Å². The van der Waals surface area contributed by atoms with Gasteiger partial charge in [0.1, 0.15) is 0 Å². The lowest BCUT2D eigenvalue weighted by molar-refractivity contribution is 0.147. The number of aliphatic hydroxyl groups excluding tert-OH is 1. The molecule has 78 valence electrons. The molecular weight excluding hydrogens is 169 g/mol. The van der Waals surface area contributed by atoms with Gasteiger partial charge in [-0.3, -0.25) is 9.29 Å². The fourth-order valence-corrected chi connectivity index (χ4v) is 2.14. The zero-order valence-electron chi connectivity index (χ0n) is 8.21. The highest BCUT2D eigenvalue weighted by Gasteiger charge is 2.21. The van der Waals surface area contributed by atoms with E-state index in [-0.39, 0.29) is 13.3 Å². The molecule has 0 aromatic rings. The van der Waals surface area contributed by atoms with E-state index < -0.39 is 0 Å². The van der Waals surface area contributed by atoms with Crippen LogP contribution in [0, 0.1) is 0 Å². The number of aliphatic hydroxyl groups is 1. The van der Waals surface area contributed by atoms with E-state index in [1.54, 1.807) is 0 Å². The lowest BCUT2D eigenvalue weighted by Gasteiger charge is -2.27. The van der Waals surface area contributed by atoms with Crippen LogP contribution in [0.2, 0.25) is 0 Å². The van der Waals surface area contributed by atoms with Crippen molar-refractivity contribution >= 4 is 0 Å². The van der Waals surface area contributed by atoms with E-state index >= 15 is 0 Å². The predicted octanol–water partition coefficient (Wildman–Crippen LogP) is 1.58. The number of rotatable bonds is 6. The highest BCUT2D eigenvalue weighted by molar-refractivity contribution is 4.77. The largest absolute Gasteiger partial charge is 0.395 e. The molecule has 0 saturated heterocycles. The van der Waals surface area contributed by atoms with E-state index in [0.717, 1.165) is 6.54 Å². The maximum absolute atomic E-state index is 12.0. The van der Waals surface area contributed by atoms with Gasteiger partial charge in [0.15, 0.2) is 0 Å². The van der Waals surface area contributed by atoms with Crippen molar-refractivity contribution in [3.8, 4) is 0 Å². The molecule has 0 radical (unpaired) electrons. The maximum Gasteiger partial charge on any atom is 0.0906 e. The molecule has 2 nitrogen and oxygen atoms in total. The molecule has 0 atom stereocenters. The Bertz CT molecular complexity index is 126. The fraction of sp³-hybridized carbons (Fsp3) is 1.00. The van der Waals surface area contributed by atoms with Crippen LogP contribution in [0.5, 0.6) is 0 Å². The van der Waals surface area contributed by atoms with E-state index in [1.807, 2.05) is 0 Å². The summed E-state index contributed by atoms with van der Waals surface area (Å²) in [7, 11) is 0. The van der Waals surface area contributed by atoms with Crippen molar-refractivity contribution in [1.29, 1.82) is 0 Å². The summed E-state index contributed by atoms with van der Waals surface area (Å²) in [6.45, 7) is 1.48. The minimum absolute atomic E-state index is 0.197. The van der Waals surface area contributed by atoms with Crippen LogP contribution in [0.3, 0.4) is 0 Å². The summed E-state index contributed by atoms with van der Waals surface area (Å²) in [4.78, 5) is 2.24. The van der Waals surface area contributed by atoms with Gasteiger partial charge >= 0.3 is 0 Å². The van der Waals surface area contributed by atoms with Gasteiger partial charge in [-0.15, -0.1) is 0 Å². The second-order valence-corrected chi connectivity index (χ2v) is 3.74. The molecule has 1 aliphatic carbocycles. The van der Waals surface area contributed by atoms with Crippen LogP contribution in [0.4, 0.5) is 4.39 Å². The van der Waals surface area contributed by atoms with Crippen molar-refractivity contribution in [2.24, 2.45) is 0 Å². The van der Waals surface area contributed by atoms with Crippen LogP contribution >= 0.6 is 0 Å². The van der Waals surface area contributed by atoms with E-state index in [2.05, 4.69) is 4.90 Å². The molecule has 1 rings (SSSR count). The summed E-state index contributed by atoms with van der Waals surface area (Å²) in [5.74, 6) is 0. The molecule has 0 spiro atoms. The molecular formula is C10H20FNO. The number of nitrogens with zero attached hydrogens (tertiary/aromatic N) is 1. The third-order valence-electron chi connectivity index (χ3n) is 2.81. The van der Waals surface area contributed by atoms with Crippen molar-refractivity contribution in [3.05, 3.63) is 0 Å². The third-order valence-corrected chi connectivity index (χ3v) is 2.81. The Hall–Kier alpha value is -0.150. The number of hydrogen-bond donors (Lipinski definition) is 1. The van der Waals surface area contributed by atoms with Crippen LogP contribution in [0.15, 0.2) is 0 Å². The highest BCUT2D eigenvalue weighted by Crippen LogP contribution is 2.23. The van der Waals surface area contributed by atoms with E-state index in [4.69, 9.17) is 5.11 Å². The molecule has 0 aliphatic heterocycles. The second kappa shape index (κ2) is 6.33. The first-order valence-corrected chi connectivity index (χ1v) is 5.29. The van der Waals surface area contributed by atoms with Gasteiger partial charge in [-0.25, -0.2) is 0 Å². The molecule has 3 heteroatoms. The molecule has 0 bridgehead atoms. The average Bonchev–Trinajstić information content (AvgIpc) is 2.65. The van der Waals surface area contributed by atoms with Gasteiger partial charge in [0.25, 0.3) is 0 Å². The average molecular weight is 189 g/mol. The van der Waals surface area contributed by atoms with Gasteiger partial charge < -0.3 is 5.11 Å². The number of halogens is 1. The smallest absolute Gasteiger partial charge is 0.0906 e. The van der Waals surface area contributed by atoms with Crippen molar-refractivity contribution in [3.63, 3.8) is 0 Å². The van der Waals surface area contributed by atoms with Gasteiger partial charge in [0, 0.05) is 19.1 Å². The summed E-state index contributed by atoms with van der Waals surface area (Å²) < 4.78 is 12.0. The minimum Gasteiger partial charge on any atom is -0.395 e. The van der Waals surface area contributed by atoms with Crippen molar-refractivity contribution in [2.75, 3.05) is 26.4 Å². The topological polar surface area (TPSA) is 23.5 Å². The molecule has 1 saturated carbocycles. The Labute approximate surface area is 79.7 Å². The summed E-state index contributed by atoms with van der Waals surface area (Å²) >= 11 is 0. The van der Waals surface area contributed by atoms with Crippen molar-refractivity contribution in [1.82, 2.24) is 4.90 Å². The van der Waals surface area contributed by atoms with E-state index in [0.29, 0.717) is 19.0 Å². The number of hydrogen-bond acceptors (Lipinski definition) is 2. The van der Waals surface area contributed by atoms with Gasteiger partial charge in [-0.2, -0.15) is 0 Å². The zero-order valence-corrected chi connectivity index (χ0v) is 8.21. The van der Waals surface area contributed by atoms with Crippen molar-refractivity contribution in [2.45, 2.75) is 38.1 Å². The Morgan fingerprint density at radius 1 is 1.23 bits per heavy atom. The molecule has 13 heavy (non-hydrogen) atoms. The molecule has 1 aliphatic rings. The molecule has 1 fully saturated rings. The molecule has 0 aromatic carbocycles. The van der Waals surface area contributed by atoms with E-state index in [1.165, 1.54) is 25.7 Å². The number of alkyl halides is 1. The maximum atomic E-state index is 12.0. The van der Waals surface area contributed by atoms with Crippen LogP contribution < -0.4 is 0 Å². The normalized spacial score (nSPS) is 18.7. The van der Waals surface area contributed by atoms with Gasteiger partial charge in [-0.1, -0.05) is 12.8 Å². The molecule has 0 aromatic heterocycles. The summed E-state index contributed by atoms with van der Waals surface area (Å²) in [5, 5.41) is 8.86. The molecule has 0 heterocycles. The monoisotopic (exact) mass is 189 g/mol.